The maximum atomic E-state index is 5.95. The molecule has 0 aliphatic carbocycles. The van der Waals surface area contributed by atoms with Crippen molar-refractivity contribution >= 4 is 15.9 Å². The van der Waals surface area contributed by atoms with Gasteiger partial charge >= 0.3 is 0 Å². The highest BCUT2D eigenvalue weighted by atomic mass is 79.9. The van der Waals surface area contributed by atoms with Gasteiger partial charge < -0.3 is 15.0 Å². The predicted molar refractivity (Wildman–Crippen MR) is 79.4 cm³/mol. The van der Waals surface area contributed by atoms with Gasteiger partial charge in [0.05, 0.1) is 0 Å². The van der Waals surface area contributed by atoms with Crippen molar-refractivity contribution in [2.45, 2.75) is 39.3 Å². The molecule has 2 N–H and O–H groups in total. The number of hydrogen-bond acceptors (Lipinski definition) is 5. The fourth-order valence-corrected chi connectivity index (χ4v) is 2.19. The van der Waals surface area contributed by atoms with Crippen LogP contribution in [0.5, 0.6) is 5.75 Å². The van der Waals surface area contributed by atoms with Gasteiger partial charge in [0.15, 0.2) is 6.61 Å². The van der Waals surface area contributed by atoms with Crippen molar-refractivity contribution in [3.05, 3.63) is 40.0 Å². The predicted octanol–water partition coefficient (Wildman–Crippen LogP) is 3.38. The molecule has 0 amide bonds. The summed E-state index contributed by atoms with van der Waals surface area (Å²) in [6.07, 6.45) is 1.76. The second-order valence-electron chi connectivity index (χ2n) is 4.61. The van der Waals surface area contributed by atoms with E-state index in [-0.39, 0.29) is 12.6 Å². The van der Waals surface area contributed by atoms with Gasteiger partial charge in [0.2, 0.25) is 11.7 Å². The quantitative estimate of drug-likeness (QED) is 0.873. The first kappa shape index (κ1) is 15.0. The molecule has 0 saturated carbocycles. The van der Waals surface area contributed by atoms with Crippen molar-refractivity contribution in [1.82, 2.24) is 10.1 Å². The Morgan fingerprint density at radius 3 is 2.95 bits per heavy atom. The minimum Gasteiger partial charge on any atom is -0.485 e. The van der Waals surface area contributed by atoms with Crippen LogP contribution in [-0.4, -0.2) is 10.1 Å². The van der Waals surface area contributed by atoms with Gasteiger partial charge in [0.1, 0.15) is 5.75 Å². The summed E-state index contributed by atoms with van der Waals surface area (Å²) < 4.78 is 11.8. The van der Waals surface area contributed by atoms with Crippen molar-refractivity contribution in [3.8, 4) is 5.75 Å². The van der Waals surface area contributed by atoms with E-state index in [0.717, 1.165) is 28.6 Å². The molecule has 0 saturated heterocycles. The Kier molecular flexibility index (Phi) is 5.14. The Labute approximate surface area is 126 Å². The fourth-order valence-electron chi connectivity index (χ4n) is 1.81. The maximum absolute atomic E-state index is 5.95. The van der Waals surface area contributed by atoms with Crippen LogP contribution in [-0.2, 0) is 13.0 Å². The zero-order valence-corrected chi connectivity index (χ0v) is 13.2. The molecule has 1 unspecified atom stereocenters. The first-order valence-electron chi connectivity index (χ1n) is 6.59. The Bertz CT molecular complexity index is 569. The lowest BCUT2D eigenvalue weighted by Gasteiger charge is -2.13. The van der Waals surface area contributed by atoms with E-state index >= 15 is 0 Å². The van der Waals surface area contributed by atoms with Gasteiger partial charge in [0.25, 0.3) is 0 Å². The molecular formula is C14H18BrN3O2. The molecule has 1 atom stereocenters. The lowest BCUT2D eigenvalue weighted by Crippen LogP contribution is -2.08. The van der Waals surface area contributed by atoms with Crippen LogP contribution in [0.1, 0.15) is 43.6 Å². The first-order chi connectivity index (χ1) is 9.60. The van der Waals surface area contributed by atoms with Gasteiger partial charge in [-0.05, 0) is 31.5 Å². The van der Waals surface area contributed by atoms with Crippen LogP contribution in [0.25, 0.3) is 0 Å². The van der Waals surface area contributed by atoms with Crippen LogP contribution in [0.2, 0.25) is 0 Å². The van der Waals surface area contributed by atoms with Gasteiger partial charge in [-0.25, -0.2) is 0 Å². The largest absolute Gasteiger partial charge is 0.485 e. The average Bonchev–Trinajstić information content (AvgIpc) is 2.85. The van der Waals surface area contributed by atoms with Crippen LogP contribution < -0.4 is 10.5 Å². The third kappa shape index (κ3) is 3.80. The SMILES string of the molecule is CCCc1nc(COc2ccc(Br)cc2C(C)N)no1. The molecule has 2 aromatic rings. The molecule has 0 radical (unpaired) electrons. The van der Waals surface area contributed by atoms with E-state index in [1.54, 1.807) is 0 Å². The molecule has 0 fully saturated rings. The number of aryl methyl sites for hydroxylation is 1. The number of rotatable bonds is 6. The van der Waals surface area contributed by atoms with Crippen LogP contribution >= 0.6 is 15.9 Å². The van der Waals surface area contributed by atoms with Gasteiger partial charge in [0, 0.05) is 22.5 Å². The minimum absolute atomic E-state index is 0.108. The summed E-state index contributed by atoms with van der Waals surface area (Å²) in [5.74, 6) is 1.94. The van der Waals surface area contributed by atoms with Gasteiger partial charge in [-0.3, -0.25) is 0 Å². The highest BCUT2D eigenvalue weighted by Gasteiger charge is 2.11. The van der Waals surface area contributed by atoms with E-state index in [2.05, 4.69) is 33.0 Å². The van der Waals surface area contributed by atoms with Crippen molar-refractivity contribution in [1.29, 1.82) is 0 Å². The zero-order chi connectivity index (χ0) is 14.5. The number of halogens is 1. The third-order valence-electron chi connectivity index (χ3n) is 2.79. The van der Waals surface area contributed by atoms with E-state index in [0.29, 0.717) is 11.7 Å². The summed E-state index contributed by atoms with van der Waals surface area (Å²) in [7, 11) is 0. The molecule has 0 aliphatic heterocycles. The maximum Gasteiger partial charge on any atom is 0.226 e. The summed E-state index contributed by atoms with van der Waals surface area (Å²) in [4.78, 5) is 4.26. The Balaban J connectivity index is 2.06. The fraction of sp³-hybridized carbons (Fsp3) is 0.429. The summed E-state index contributed by atoms with van der Waals surface area (Å²) in [6.45, 7) is 4.26. The van der Waals surface area contributed by atoms with E-state index < -0.39 is 0 Å². The molecule has 1 aromatic carbocycles. The van der Waals surface area contributed by atoms with Gasteiger partial charge in [-0.2, -0.15) is 4.98 Å². The summed E-state index contributed by atoms with van der Waals surface area (Å²) >= 11 is 3.43. The zero-order valence-electron chi connectivity index (χ0n) is 11.6. The Hall–Kier alpha value is -1.40. The second kappa shape index (κ2) is 6.85. The number of nitrogens with zero attached hydrogens (tertiary/aromatic N) is 2. The number of aromatic nitrogens is 2. The van der Waals surface area contributed by atoms with Crippen LogP contribution in [0.15, 0.2) is 27.2 Å². The summed E-state index contributed by atoms with van der Waals surface area (Å²) in [5.41, 5.74) is 6.89. The van der Waals surface area contributed by atoms with E-state index in [1.165, 1.54) is 0 Å². The van der Waals surface area contributed by atoms with Crippen molar-refractivity contribution in [2.24, 2.45) is 5.73 Å². The van der Waals surface area contributed by atoms with Crippen molar-refractivity contribution in [2.75, 3.05) is 0 Å². The van der Waals surface area contributed by atoms with Crippen molar-refractivity contribution < 1.29 is 9.26 Å². The van der Waals surface area contributed by atoms with E-state index in [4.69, 9.17) is 15.0 Å². The molecule has 5 nitrogen and oxygen atoms in total. The molecule has 0 spiro atoms. The Morgan fingerprint density at radius 1 is 1.45 bits per heavy atom. The lowest BCUT2D eigenvalue weighted by atomic mass is 10.1. The molecule has 0 bridgehead atoms. The first-order valence-corrected chi connectivity index (χ1v) is 7.38. The molecule has 6 heteroatoms. The van der Waals surface area contributed by atoms with Gasteiger partial charge in [-0.15, -0.1) is 0 Å². The molecule has 2 rings (SSSR count). The second-order valence-corrected chi connectivity index (χ2v) is 5.53. The van der Waals surface area contributed by atoms with Crippen LogP contribution in [0.3, 0.4) is 0 Å². The monoisotopic (exact) mass is 339 g/mol. The van der Waals surface area contributed by atoms with Crippen LogP contribution in [0.4, 0.5) is 0 Å². The van der Waals surface area contributed by atoms with E-state index in [1.807, 2.05) is 25.1 Å². The lowest BCUT2D eigenvalue weighted by molar-refractivity contribution is 0.281. The normalized spacial score (nSPS) is 12.4. The van der Waals surface area contributed by atoms with Crippen molar-refractivity contribution in [3.63, 3.8) is 0 Å². The number of ether oxygens (including phenoxy) is 1. The third-order valence-corrected chi connectivity index (χ3v) is 3.29. The summed E-state index contributed by atoms with van der Waals surface area (Å²) in [6, 6.07) is 5.65. The molecular weight excluding hydrogens is 322 g/mol. The molecule has 1 aromatic heterocycles. The van der Waals surface area contributed by atoms with Gasteiger partial charge in [-0.1, -0.05) is 28.0 Å². The van der Waals surface area contributed by atoms with E-state index in [9.17, 15) is 0 Å². The topological polar surface area (TPSA) is 74.2 Å². The molecule has 0 aliphatic rings. The standard InChI is InChI=1S/C14H18BrN3O2/c1-3-4-14-17-13(18-20-14)8-19-12-6-5-10(15)7-11(12)9(2)16/h5-7,9H,3-4,8,16H2,1-2H3. The number of nitrogens with two attached hydrogens (primary N) is 1. The molecule has 1 heterocycles. The Morgan fingerprint density at radius 2 is 2.25 bits per heavy atom. The molecule has 108 valence electrons. The smallest absolute Gasteiger partial charge is 0.226 e. The highest BCUT2D eigenvalue weighted by Crippen LogP contribution is 2.27. The summed E-state index contributed by atoms with van der Waals surface area (Å²) in [5, 5.41) is 3.89. The average molecular weight is 340 g/mol. The highest BCUT2D eigenvalue weighted by molar-refractivity contribution is 9.10. The molecule has 20 heavy (non-hydrogen) atoms. The minimum atomic E-state index is -0.108. The van der Waals surface area contributed by atoms with Crippen LogP contribution in [0, 0.1) is 0 Å². The number of hydrogen-bond donors (Lipinski definition) is 1. The number of benzene rings is 1.